The van der Waals surface area contributed by atoms with Gasteiger partial charge in [-0.15, -0.1) is 0 Å². The molecule has 0 bridgehead atoms. The molecule has 7 nitrogen and oxygen atoms in total. The molecule has 2 amide bonds. The summed E-state index contributed by atoms with van der Waals surface area (Å²) in [7, 11) is 1.55. The van der Waals surface area contributed by atoms with Crippen LogP contribution in [0.4, 0.5) is 24.5 Å². The van der Waals surface area contributed by atoms with Gasteiger partial charge >= 0.3 is 6.18 Å². The molecular formula is C20H19ClF3N3O4. The summed E-state index contributed by atoms with van der Waals surface area (Å²) in [5.41, 5.74) is -0.593. The van der Waals surface area contributed by atoms with Crippen molar-refractivity contribution in [2.45, 2.75) is 19.1 Å². The van der Waals surface area contributed by atoms with Crippen LogP contribution in [0, 0.1) is 0 Å². The van der Waals surface area contributed by atoms with E-state index in [2.05, 4.69) is 10.6 Å². The molecule has 2 aromatic carbocycles. The molecule has 1 aliphatic heterocycles. The molecule has 0 saturated heterocycles. The fourth-order valence-electron chi connectivity index (χ4n) is 2.81. The highest BCUT2D eigenvalue weighted by Gasteiger charge is 2.33. The molecule has 0 saturated carbocycles. The highest BCUT2D eigenvalue weighted by molar-refractivity contribution is 6.31. The number of amides is 2. The first kappa shape index (κ1) is 22.7. The second-order valence-corrected chi connectivity index (χ2v) is 7.30. The fraction of sp³-hybridized carbons (Fsp3) is 0.300. The zero-order chi connectivity index (χ0) is 22.8. The zero-order valence-corrected chi connectivity index (χ0v) is 17.3. The second-order valence-electron chi connectivity index (χ2n) is 6.89. The Kier molecular flexibility index (Phi) is 6.61. The van der Waals surface area contributed by atoms with Gasteiger partial charge in [-0.05, 0) is 44.3 Å². The van der Waals surface area contributed by atoms with Crippen molar-refractivity contribution in [1.82, 2.24) is 4.90 Å². The Morgan fingerprint density at radius 3 is 2.45 bits per heavy atom. The van der Waals surface area contributed by atoms with E-state index in [1.54, 1.807) is 32.2 Å². The molecule has 0 unspecified atom stereocenters. The Hall–Kier alpha value is -2.98. The van der Waals surface area contributed by atoms with Crippen molar-refractivity contribution in [3.63, 3.8) is 0 Å². The minimum Gasteiger partial charge on any atom is -0.454 e. The maximum Gasteiger partial charge on any atom is 0.417 e. The monoisotopic (exact) mass is 457 g/mol. The zero-order valence-electron chi connectivity index (χ0n) is 16.5. The molecule has 3 rings (SSSR count). The highest BCUT2D eigenvalue weighted by atomic mass is 35.5. The quantitative estimate of drug-likeness (QED) is 0.686. The van der Waals surface area contributed by atoms with E-state index in [9.17, 15) is 22.8 Å². The summed E-state index contributed by atoms with van der Waals surface area (Å²) >= 11 is 5.58. The van der Waals surface area contributed by atoms with Crippen molar-refractivity contribution < 1.29 is 32.2 Å². The van der Waals surface area contributed by atoms with E-state index in [-0.39, 0.29) is 24.9 Å². The normalized spacial score (nSPS) is 13.8. The van der Waals surface area contributed by atoms with E-state index in [1.807, 2.05) is 0 Å². The van der Waals surface area contributed by atoms with Gasteiger partial charge in [0.1, 0.15) is 0 Å². The lowest BCUT2D eigenvalue weighted by molar-refractivity contribution is -0.137. The molecule has 166 valence electrons. The highest BCUT2D eigenvalue weighted by Crippen LogP contribution is 2.36. The molecule has 1 aliphatic rings. The van der Waals surface area contributed by atoms with Crippen molar-refractivity contribution in [2.24, 2.45) is 0 Å². The molecule has 0 fully saturated rings. The molecule has 11 heteroatoms. The molecule has 1 heterocycles. The Labute approximate surface area is 181 Å². The van der Waals surface area contributed by atoms with Gasteiger partial charge in [0, 0.05) is 17.4 Å². The van der Waals surface area contributed by atoms with Crippen LogP contribution in [0.3, 0.4) is 0 Å². The van der Waals surface area contributed by atoms with Gasteiger partial charge < -0.3 is 20.1 Å². The van der Waals surface area contributed by atoms with Gasteiger partial charge in [0.05, 0.1) is 23.2 Å². The number of benzene rings is 2. The summed E-state index contributed by atoms with van der Waals surface area (Å²) in [6, 6.07) is 7.34. The van der Waals surface area contributed by atoms with E-state index in [0.717, 1.165) is 12.1 Å². The van der Waals surface area contributed by atoms with Crippen LogP contribution in [0.1, 0.15) is 12.5 Å². The lowest BCUT2D eigenvalue weighted by atomic mass is 10.2. The number of carbonyl (C=O) groups excluding carboxylic acids is 2. The van der Waals surface area contributed by atoms with Crippen LogP contribution < -0.4 is 20.1 Å². The molecule has 0 spiro atoms. The summed E-state index contributed by atoms with van der Waals surface area (Å²) in [4.78, 5) is 26.2. The molecule has 0 aromatic heterocycles. The Bertz CT molecular complexity index is 1000. The Morgan fingerprint density at radius 1 is 1.10 bits per heavy atom. The average Bonchev–Trinajstić information content (AvgIpc) is 3.15. The van der Waals surface area contributed by atoms with Crippen molar-refractivity contribution in [1.29, 1.82) is 0 Å². The van der Waals surface area contributed by atoms with Crippen LogP contribution in [0.2, 0.25) is 5.02 Å². The second kappa shape index (κ2) is 9.03. The van der Waals surface area contributed by atoms with Gasteiger partial charge in [0.25, 0.3) is 0 Å². The number of fused-ring (bicyclic) bond motifs is 1. The molecular weight excluding hydrogens is 439 g/mol. The van der Waals surface area contributed by atoms with E-state index >= 15 is 0 Å². The van der Waals surface area contributed by atoms with Crippen molar-refractivity contribution >= 4 is 34.8 Å². The summed E-state index contributed by atoms with van der Waals surface area (Å²) in [5.74, 6) is 0.135. The maximum absolute atomic E-state index is 13.0. The number of halogens is 4. The first-order valence-corrected chi connectivity index (χ1v) is 9.50. The van der Waals surface area contributed by atoms with Crippen molar-refractivity contribution in [2.75, 3.05) is 31.0 Å². The third-order valence-corrected chi connectivity index (χ3v) is 4.96. The third kappa shape index (κ3) is 5.59. The molecule has 31 heavy (non-hydrogen) atoms. The van der Waals surface area contributed by atoms with E-state index < -0.39 is 28.7 Å². The largest absolute Gasteiger partial charge is 0.454 e. The lowest BCUT2D eigenvalue weighted by Gasteiger charge is -2.23. The number of hydrogen-bond donors (Lipinski definition) is 2. The SMILES string of the molecule is C[C@@H](C(=O)Nc1ccc2c(c1)OCO2)N(C)CC(=O)Nc1ccc(Cl)c(C(F)(F)F)c1. The predicted molar refractivity (Wildman–Crippen MR) is 108 cm³/mol. The number of nitrogens with one attached hydrogen (secondary N) is 2. The maximum atomic E-state index is 13.0. The van der Waals surface area contributed by atoms with Crippen LogP contribution in [0.25, 0.3) is 0 Å². The molecule has 2 aromatic rings. The molecule has 0 aliphatic carbocycles. The van der Waals surface area contributed by atoms with E-state index in [4.69, 9.17) is 21.1 Å². The van der Waals surface area contributed by atoms with E-state index in [1.165, 1.54) is 11.0 Å². The fourth-order valence-corrected chi connectivity index (χ4v) is 3.03. The van der Waals surface area contributed by atoms with Gasteiger partial charge in [-0.3, -0.25) is 14.5 Å². The smallest absolute Gasteiger partial charge is 0.417 e. The number of anilines is 2. The third-order valence-electron chi connectivity index (χ3n) is 4.63. The topological polar surface area (TPSA) is 79.9 Å². The van der Waals surface area contributed by atoms with Crippen molar-refractivity contribution in [3.05, 3.63) is 47.0 Å². The number of likely N-dealkylation sites (N-methyl/N-ethyl adjacent to an activating group) is 1. The molecule has 2 N–H and O–H groups in total. The van der Waals surface area contributed by atoms with Crippen molar-refractivity contribution in [3.8, 4) is 11.5 Å². The van der Waals surface area contributed by atoms with Crippen LogP contribution in [-0.2, 0) is 15.8 Å². The van der Waals surface area contributed by atoms with Gasteiger partial charge in [0.2, 0.25) is 18.6 Å². The van der Waals surface area contributed by atoms with Crippen LogP contribution >= 0.6 is 11.6 Å². The van der Waals surface area contributed by atoms with Gasteiger partial charge in [-0.2, -0.15) is 13.2 Å². The van der Waals surface area contributed by atoms with Gasteiger partial charge in [-0.25, -0.2) is 0 Å². The van der Waals surface area contributed by atoms with E-state index in [0.29, 0.717) is 17.2 Å². The molecule has 1 atom stereocenters. The van der Waals surface area contributed by atoms with Crippen LogP contribution in [0.5, 0.6) is 11.5 Å². The standard InChI is InChI=1S/C20H19ClF3N3O4/c1-11(19(29)26-13-4-6-16-17(8-13)31-10-30-16)27(2)9-18(28)25-12-3-5-15(21)14(7-12)20(22,23)24/h3-8,11H,9-10H2,1-2H3,(H,25,28)(H,26,29)/t11-/m0/s1. The van der Waals surface area contributed by atoms with Crippen LogP contribution in [-0.4, -0.2) is 43.1 Å². The number of rotatable bonds is 6. The lowest BCUT2D eigenvalue weighted by Crippen LogP contribution is -2.43. The number of alkyl halides is 3. The van der Waals surface area contributed by atoms with Crippen LogP contribution in [0.15, 0.2) is 36.4 Å². The average molecular weight is 458 g/mol. The summed E-state index contributed by atoms with van der Waals surface area (Å²) in [5, 5.41) is 4.64. The Morgan fingerprint density at radius 2 is 1.74 bits per heavy atom. The number of carbonyl (C=O) groups is 2. The first-order valence-electron chi connectivity index (χ1n) is 9.12. The summed E-state index contributed by atoms with van der Waals surface area (Å²) in [6.07, 6.45) is -4.64. The Balaban J connectivity index is 1.57. The minimum absolute atomic E-state index is 0.0485. The summed E-state index contributed by atoms with van der Waals surface area (Å²) in [6.45, 7) is 1.48. The number of nitrogens with zero attached hydrogens (tertiary/aromatic N) is 1. The minimum atomic E-state index is -4.64. The summed E-state index contributed by atoms with van der Waals surface area (Å²) < 4.78 is 49.3. The molecule has 0 radical (unpaired) electrons. The van der Waals surface area contributed by atoms with Gasteiger partial charge in [-0.1, -0.05) is 11.6 Å². The van der Waals surface area contributed by atoms with Gasteiger partial charge in [0.15, 0.2) is 11.5 Å². The predicted octanol–water partition coefficient (Wildman–Crippen LogP) is 3.99. The number of hydrogen-bond acceptors (Lipinski definition) is 5. The first-order chi connectivity index (χ1) is 14.5. The number of ether oxygens (including phenoxy) is 2.